The molecule has 2 aliphatic heterocycles. The van der Waals surface area contributed by atoms with Crippen LogP contribution in [0, 0.1) is 0 Å². The molecule has 2 N–H and O–H groups in total. The van der Waals surface area contributed by atoms with E-state index < -0.39 is 11.7 Å². The fourth-order valence-corrected chi connectivity index (χ4v) is 3.98. The largest absolute Gasteiger partial charge is 0.421 e. The predicted molar refractivity (Wildman–Crippen MR) is 112 cm³/mol. The Morgan fingerprint density at radius 1 is 1.09 bits per heavy atom. The van der Waals surface area contributed by atoms with Crippen LogP contribution in [0.4, 0.5) is 30.8 Å². The van der Waals surface area contributed by atoms with Gasteiger partial charge in [-0.2, -0.15) is 18.2 Å². The van der Waals surface area contributed by atoms with E-state index in [-0.39, 0.29) is 17.8 Å². The summed E-state index contributed by atoms with van der Waals surface area (Å²) in [5.41, 5.74) is 1.96. The summed E-state index contributed by atoms with van der Waals surface area (Å²) in [5.74, 6) is 0.193. The smallest absolute Gasteiger partial charge is 0.312 e. The van der Waals surface area contributed by atoms with Crippen molar-refractivity contribution in [1.82, 2.24) is 20.3 Å². The molecule has 5 rings (SSSR count). The molecule has 0 radical (unpaired) electrons. The average Bonchev–Trinajstić information content (AvgIpc) is 3.29. The van der Waals surface area contributed by atoms with Crippen LogP contribution in [0.15, 0.2) is 48.7 Å². The third kappa shape index (κ3) is 4.11. The van der Waals surface area contributed by atoms with Crippen LogP contribution in [0.3, 0.4) is 0 Å². The average molecular weight is 442 g/mol. The molecule has 7 nitrogen and oxygen atoms in total. The van der Waals surface area contributed by atoms with Crippen LogP contribution in [0.2, 0.25) is 0 Å². The van der Waals surface area contributed by atoms with Gasteiger partial charge in [0.05, 0.1) is 12.6 Å². The number of nitrogens with zero attached hydrogens (tertiary/aromatic N) is 4. The Labute approximate surface area is 182 Å². The van der Waals surface area contributed by atoms with Gasteiger partial charge in [-0.15, -0.1) is 0 Å². The maximum Gasteiger partial charge on any atom is 0.421 e. The van der Waals surface area contributed by atoms with Crippen molar-refractivity contribution in [2.45, 2.75) is 31.6 Å². The molecular formula is C22H21F3N6O. The summed E-state index contributed by atoms with van der Waals surface area (Å²) < 4.78 is 41.3. The number of benzene rings is 1. The Morgan fingerprint density at radius 2 is 1.94 bits per heavy atom. The molecule has 166 valence electrons. The molecule has 0 unspecified atom stereocenters. The second kappa shape index (κ2) is 8.36. The van der Waals surface area contributed by atoms with Crippen molar-refractivity contribution in [3.63, 3.8) is 0 Å². The van der Waals surface area contributed by atoms with Crippen molar-refractivity contribution in [3.8, 4) is 0 Å². The standard InChI is InChI=1S/C22H21F3N6O/c23-22(24,25)16-13-27-21(29-19-7-6-15-12-26-10-8-17(15)28-19)30-20(16)31-18(9-11-32-31)14-4-2-1-3-5-14/h1-7,13,18,26H,8-12H2,(H,27,28,29,30)/t18-/m0/s1. The highest BCUT2D eigenvalue weighted by Gasteiger charge is 2.40. The molecule has 3 aromatic rings. The molecule has 1 atom stereocenters. The number of hydroxylamine groups is 1. The summed E-state index contributed by atoms with van der Waals surface area (Å²) >= 11 is 0. The van der Waals surface area contributed by atoms with Crippen LogP contribution in [-0.4, -0.2) is 28.1 Å². The number of halogens is 3. The summed E-state index contributed by atoms with van der Waals surface area (Å²) in [6.07, 6.45) is -2.51. The number of anilines is 3. The van der Waals surface area contributed by atoms with Gasteiger partial charge in [-0.1, -0.05) is 36.4 Å². The van der Waals surface area contributed by atoms with Crippen molar-refractivity contribution in [3.05, 3.63) is 71.0 Å². The molecule has 0 amide bonds. The number of alkyl halides is 3. The van der Waals surface area contributed by atoms with E-state index in [4.69, 9.17) is 4.84 Å². The van der Waals surface area contributed by atoms with Crippen LogP contribution in [-0.2, 0) is 24.0 Å². The maximum absolute atomic E-state index is 13.8. The van der Waals surface area contributed by atoms with E-state index in [1.165, 1.54) is 5.06 Å². The number of hydrogen-bond donors (Lipinski definition) is 2. The molecule has 1 fully saturated rings. The molecular weight excluding hydrogens is 421 g/mol. The molecule has 0 saturated carbocycles. The molecule has 0 aliphatic carbocycles. The fraction of sp³-hybridized carbons (Fsp3) is 0.318. The van der Waals surface area contributed by atoms with Crippen molar-refractivity contribution in [1.29, 1.82) is 0 Å². The number of rotatable bonds is 4. The van der Waals surface area contributed by atoms with Gasteiger partial charge in [0.2, 0.25) is 5.95 Å². The van der Waals surface area contributed by atoms with E-state index in [2.05, 4.69) is 25.6 Å². The summed E-state index contributed by atoms with van der Waals surface area (Å²) in [4.78, 5) is 18.3. The molecule has 1 saturated heterocycles. The number of fused-ring (bicyclic) bond motifs is 1. The summed E-state index contributed by atoms with van der Waals surface area (Å²) in [6, 6.07) is 12.6. The van der Waals surface area contributed by atoms with E-state index in [1.807, 2.05) is 36.4 Å². The summed E-state index contributed by atoms with van der Waals surface area (Å²) in [5, 5.41) is 7.47. The van der Waals surface area contributed by atoms with Gasteiger partial charge in [0.25, 0.3) is 0 Å². The lowest BCUT2D eigenvalue weighted by molar-refractivity contribution is -0.138. The van der Waals surface area contributed by atoms with Crippen LogP contribution in [0.25, 0.3) is 0 Å². The zero-order chi connectivity index (χ0) is 22.1. The third-order valence-electron chi connectivity index (χ3n) is 5.53. The molecule has 1 aromatic carbocycles. The number of aromatic nitrogens is 3. The monoisotopic (exact) mass is 442 g/mol. The minimum Gasteiger partial charge on any atom is -0.312 e. The molecule has 32 heavy (non-hydrogen) atoms. The van der Waals surface area contributed by atoms with Crippen LogP contribution in [0.1, 0.15) is 34.8 Å². The Hall–Kier alpha value is -3.24. The lowest BCUT2D eigenvalue weighted by Crippen LogP contribution is -2.26. The van der Waals surface area contributed by atoms with E-state index in [9.17, 15) is 13.2 Å². The number of nitrogens with one attached hydrogen (secondary N) is 2. The van der Waals surface area contributed by atoms with Gasteiger partial charge in [-0.05, 0) is 17.2 Å². The number of pyridine rings is 1. The maximum atomic E-state index is 13.8. The van der Waals surface area contributed by atoms with Gasteiger partial charge >= 0.3 is 6.18 Å². The Balaban J connectivity index is 1.49. The minimum atomic E-state index is -4.63. The van der Waals surface area contributed by atoms with Gasteiger partial charge < -0.3 is 10.6 Å². The first kappa shape index (κ1) is 20.7. The van der Waals surface area contributed by atoms with Crippen LogP contribution < -0.4 is 15.7 Å². The first-order valence-corrected chi connectivity index (χ1v) is 10.4. The number of hydrogen-bond acceptors (Lipinski definition) is 7. The van der Waals surface area contributed by atoms with Gasteiger partial charge in [0.15, 0.2) is 5.82 Å². The molecule has 0 spiro atoms. The predicted octanol–water partition coefficient (Wildman–Crippen LogP) is 4.16. The second-order valence-corrected chi connectivity index (χ2v) is 7.66. The topological polar surface area (TPSA) is 75.2 Å². The SMILES string of the molecule is FC(F)(F)c1cnc(Nc2ccc3c(n2)CCNC3)nc1N1OCC[C@H]1c1ccccc1. The molecule has 10 heteroatoms. The first-order valence-electron chi connectivity index (χ1n) is 10.4. The van der Waals surface area contributed by atoms with E-state index >= 15 is 0 Å². The zero-order valence-corrected chi connectivity index (χ0v) is 17.1. The molecule has 2 aromatic heterocycles. The van der Waals surface area contributed by atoms with Gasteiger partial charge in [0, 0.05) is 37.8 Å². The van der Waals surface area contributed by atoms with Crippen molar-refractivity contribution >= 4 is 17.6 Å². The van der Waals surface area contributed by atoms with Crippen molar-refractivity contribution in [2.75, 3.05) is 23.5 Å². The van der Waals surface area contributed by atoms with Gasteiger partial charge in [-0.25, -0.2) is 15.0 Å². The second-order valence-electron chi connectivity index (χ2n) is 7.66. The Bertz CT molecular complexity index is 1110. The Morgan fingerprint density at radius 3 is 2.75 bits per heavy atom. The highest BCUT2D eigenvalue weighted by atomic mass is 19.4. The molecule has 0 bridgehead atoms. The van der Waals surface area contributed by atoms with Crippen molar-refractivity contribution in [2.24, 2.45) is 0 Å². The van der Waals surface area contributed by atoms with E-state index in [0.717, 1.165) is 42.5 Å². The highest BCUT2D eigenvalue weighted by Crippen LogP contribution is 2.41. The van der Waals surface area contributed by atoms with Gasteiger partial charge in [0.1, 0.15) is 11.4 Å². The zero-order valence-electron chi connectivity index (χ0n) is 17.1. The Kier molecular flexibility index (Phi) is 5.40. The van der Waals surface area contributed by atoms with Crippen molar-refractivity contribution < 1.29 is 18.0 Å². The van der Waals surface area contributed by atoms with Crippen LogP contribution in [0.5, 0.6) is 0 Å². The van der Waals surface area contributed by atoms with Crippen LogP contribution >= 0.6 is 0 Å². The minimum absolute atomic E-state index is 0.0247. The molecule has 4 heterocycles. The fourth-order valence-electron chi connectivity index (χ4n) is 3.98. The highest BCUT2D eigenvalue weighted by molar-refractivity contribution is 5.56. The lowest BCUT2D eigenvalue weighted by atomic mass is 10.0. The lowest BCUT2D eigenvalue weighted by Gasteiger charge is -2.26. The van der Waals surface area contributed by atoms with Gasteiger partial charge in [-0.3, -0.25) is 4.84 Å². The normalized spacial score (nSPS) is 18.5. The summed E-state index contributed by atoms with van der Waals surface area (Å²) in [6.45, 7) is 1.87. The summed E-state index contributed by atoms with van der Waals surface area (Å²) in [7, 11) is 0. The first-order chi connectivity index (χ1) is 15.5. The third-order valence-corrected chi connectivity index (χ3v) is 5.53. The van der Waals surface area contributed by atoms with E-state index in [0.29, 0.717) is 18.8 Å². The quantitative estimate of drug-likeness (QED) is 0.628. The molecule has 2 aliphatic rings. The van der Waals surface area contributed by atoms with E-state index in [1.54, 1.807) is 6.07 Å².